The van der Waals surface area contributed by atoms with E-state index >= 15 is 0 Å². The van der Waals surface area contributed by atoms with Crippen molar-refractivity contribution in [1.82, 2.24) is 10.2 Å². The minimum absolute atomic E-state index is 0.0467. The lowest BCUT2D eigenvalue weighted by molar-refractivity contribution is 0.218. The molecule has 0 spiro atoms. The van der Waals surface area contributed by atoms with E-state index in [1.54, 1.807) is 0 Å². The van der Waals surface area contributed by atoms with Gasteiger partial charge in [-0.1, -0.05) is 12.1 Å². The van der Waals surface area contributed by atoms with Gasteiger partial charge in [0.1, 0.15) is 0 Å². The van der Waals surface area contributed by atoms with E-state index in [2.05, 4.69) is 5.32 Å². The predicted molar refractivity (Wildman–Crippen MR) is 59.5 cm³/mol. The number of carbonyl (C=O) groups excluding carboxylic acids is 1. The zero-order valence-electron chi connectivity index (χ0n) is 8.57. The number of amides is 2. The number of carbonyl (C=O) groups is 1. The molecule has 0 atom stereocenters. The average molecular weight is 205 g/mol. The van der Waals surface area contributed by atoms with Crippen LogP contribution in [-0.4, -0.2) is 30.6 Å². The molecule has 0 saturated carbocycles. The summed E-state index contributed by atoms with van der Waals surface area (Å²) in [6, 6.07) is 7.83. The van der Waals surface area contributed by atoms with Crippen molar-refractivity contribution in [2.24, 2.45) is 0 Å². The van der Waals surface area contributed by atoms with E-state index in [9.17, 15) is 4.79 Å². The lowest BCUT2D eigenvalue weighted by Crippen LogP contribution is -2.29. The van der Waals surface area contributed by atoms with Crippen molar-refractivity contribution >= 4 is 11.7 Å². The molecule has 1 aliphatic rings. The third-order valence-electron chi connectivity index (χ3n) is 2.60. The maximum atomic E-state index is 11.2. The van der Waals surface area contributed by atoms with Gasteiger partial charge in [-0.3, -0.25) is 0 Å². The summed E-state index contributed by atoms with van der Waals surface area (Å²) in [5.74, 6) is 0. The maximum absolute atomic E-state index is 11.2. The molecule has 1 fully saturated rings. The molecule has 0 radical (unpaired) electrons. The van der Waals surface area contributed by atoms with Gasteiger partial charge in [0.25, 0.3) is 0 Å². The molecule has 1 aromatic carbocycles. The van der Waals surface area contributed by atoms with Crippen LogP contribution in [0.5, 0.6) is 0 Å². The van der Waals surface area contributed by atoms with Gasteiger partial charge >= 0.3 is 6.03 Å². The Kier molecular flexibility index (Phi) is 2.76. The number of benzene rings is 1. The Morgan fingerprint density at radius 3 is 2.67 bits per heavy atom. The lowest BCUT2D eigenvalue weighted by atomic mass is 10.1. The molecule has 0 aliphatic carbocycles. The highest BCUT2D eigenvalue weighted by Crippen LogP contribution is 2.07. The molecule has 15 heavy (non-hydrogen) atoms. The fourth-order valence-corrected chi connectivity index (χ4v) is 1.67. The summed E-state index contributed by atoms with van der Waals surface area (Å²) in [6.07, 6.45) is 0.883. The third kappa shape index (κ3) is 2.40. The Morgan fingerprint density at radius 1 is 1.33 bits per heavy atom. The molecule has 80 valence electrons. The first-order valence-electron chi connectivity index (χ1n) is 5.13. The number of urea groups is 1. The highest BCUT2D eigenvalue weighted by molar-refractivity contribution is 5.76. The number of nitrogen functional groups attached to an aromatic ring is 1. The van der Waals surface area contributed by atoms with Crippen LogP contribution >= 0.6 is 0 Å². The van der Waals surface area contributed by atoms with Gasteiger partial charge in [-0.2, -0.15) is 0 Å². The van der Waals surface area contributed by atoms with E-state index in [1.165, 1.54) is 5.56 Å². The summed E-state index contributed by atoms with van der Waals surface area (Å²) in [6.45, 7) is 2.35. The van der Waals surface area contributed by atoms with Crippen LogP contribution in [0.4, 0.5) is 10.5 Å². The standard InChI is InChI=1S/C11H15N3O/c12-10-3-1-9(2-4-10)5-7-14-8-6-13-11(14)15/h1-4H,5-8,12H2,(H,13,15). The van der Waals surface area contributed by atoms with Crippen LogP contribution in [0.1, 0.15) is 5.56 Å². The second-order valence-corrected chi connectivity index (χ2v) is 3.71. The van der Waals surface area contributed by atoms with Crippen LogP contribution in [0.25, 0.3) is 0 Å². The Morgan fingerprint density at radius 2 is 2.07 bits per heavy atom. The topological polar surface area (TPSA) is 58.4 Å². The van der Waals surface area contributed by atoms with Gasteiger partial charge in [-0.25, -0.2) is 4.79 Å². The van der Waals surface area contributed by atoms with E-state index in [1.807, 2.05) is 29.2 Å². The smallest absolute Gasteiger partial charge is 0.317 e. The van der Waals surface area contributed by atoms with Gasteiger partial charge in [0.2, 0.25) is 0 Å². The number of rotatable bonds is 3. The minimum Gasteiger partial charge on any atom is -0.399 e. The lowest BCUT2D eigenvalue weighted by Gasteiger charge is -2.13. The monoisotopic (exact) mass is 205 g/mol. The first-order valence-corrected chi connectivity index (χ1v) is 5.13. The minimum atomic E-state index is 0.0467. The van der Waals surface area contributed by atoms with Crippen molar-refractivity contribution in [1.29, 1.82) is 0 Å². The molecule has 0 bridgehead atoms. The van der Waals surface area contributed by atoms with Crippen LogP contribution in [0.3, 0.4) is 0 Å². The summed E-state index contributed by atoms with van der Waals surface area (Å²) in [5.41, 5.74) is 7.58. The molecule has 1 aliphatic heterocycles. The van der Waals surface area contributed by atoms with E-state index in [0.29, 0.717) is 0 Å². The second kappa shape index (κ2) is 4.21. The van der Waals surface area contributed by atoms with Crippen LogP contribution in [0.2, 0.25) is 0 Å². The molecule has 4 heteroatoms. The summed E-state index contributed by atoms with van der Waals surface area (Å²) in [5, 5.41) is 2.78. The Labute approximate surface area is 89.1 Å². The fourth-order valence-electron chi connectivity index (χ4n) is 1.67. The Bertz CT molecular complexity index is 347. The van der Waals surface area contributed by atoms with Crippen molar-refractivity contribution in [2.75, 3.05) is 25.4 Å². The Balaban J connectivity index is 1.87. The van der Waals surface area contributed by atoms with Crippen LogP contribution in [0.15, 0.2) is 24.3 Å². The van der Waals surface area contributed by atoms with Gasteiger partial charge in [0.15, 0.2) is 0 Å². The highest BCUT2D eigenvalue weighted by Gasteiger charge is 2.18. The molecule has 0 aromatic heterocycles. The molecular weight excluding hydrogens is 190 g/mol. The zero-order chi connectivity index (χ0) is 10.7. The van der Waals surface area contributed by atoms with Gasteiger partial charge in [-0.05, 0) is 24.1 Å². The van der Waals surface area contributed by atoms with E-state index < -0.39 is 0 Å². The summed E-state index contributed by atoms with van der Waals surface area (Å²) < 4.78 is 0. The second-order valence-electron chi connectivity index (χ2n) is 3.71. The number of hydrogen-bond acceptors (Lipinski definition) is 2. The van der Waals surface area contributed by atoms with E-state index in [0.717, 1.165) is 31.7 Å². The number of nitrogens with zero attached hydrogens (tertiary/aromatic N) is 1. The van der Waals surface area contributed by atoms with Gasteiger partial charge < -0.3 is 16.0 Å². The first-order chi connectivity index (χ1) is 7.25. The van der Waals surface area contributed by atoms with Gasteiger partial charge in [-0.15, -0.1) is 0 Å². The Hall–Kier alpha value is -1.71. The summed E-state index contributed by atoms with van der Waals surface area (Å²) >= 11 is 0. The molecule has 0 unspecified atom stereocenters. The van der Waals surface area contributed by atoms with Gasteiger partial charge in [0, 0.05) is 25.3 Å². The summed E-state index contributed by atoms with van der Waals surface area (Å²) in [7, 11) is 0. The normalized spacial score (nSPS) is 15.5. The fraction of sp³-hybridized carbons (Fsp3) is 0.364. The molecule has 2 rings (SSSR count). The van der Waals surface area contributed by atoms with Crippen molar-refractivity contribution < 1.29 is 4.79 Å². The van der Waals surface area contributed by atoms with Crippen molar-refractivity contribution in [2.45, 2.75) is 6.42 Å². The van der Waals surface area contributed by atoms with Crippen LogP contribution in [0, 0.1) is 0 Å². The first kappa shape index (κ1) is 9.83. The van der Waals surface area contributed by atoms with Gasteiger partial charge in [0.05, 0.1) is 0 Å². The molecule has 1 heterocycles. The molecule has 1 aromatic rings. The van der Waals surface area contributed by atoms with Crippen molar-refractivity contribution in [3.8, 4) is 0 Å². The van der Waals surface area contributed by atoms with Crippen LogP contribution in [-0.2, 0) is 6.42 Å². The van der Waals surface area contributed by atoms with E-state index in [-0.39, 0.29) is 6.03 Å². The largest absolute Gasteiger partial charge is 0.399 e. The van der Waals surface area contributed by atoms with Crippen LogP contribution < -0.4 is 11.1 Å². The maximum Gasteiger partial charge on any atom is 0.317 e. The number of anilines is 1. The highest BCUT2D eigenvalue weighted by atomic mass is 16.2. The predicted octanol–water partition coefficient (Wildman–Crippen LogP) is 0.836. The number of nitrogens with one attached hydrogen (secondary N) is 1. The quantitative estimate of drug-likeness (QED) is 0.718. The molecular formula is C11H15N3O. The molecule has 3 N–H and O–H groups in total. The summed E-state index contributed by atoms with van der Waals surface area (Å²) in [4.78, 5) is 13.1. The van der Waals surface area contributed by atoms with Crippen molar-refractivity contribution in [3.63, 3.8) is 0 Å². The third-order valence-corrected chi connectivity index (χ3v) is 2.60. The molecule has 4 nitrogen and oxygen atoms in total. The SMILES string of the molecule is Nc1ccc(CCN2CCNC2=O)cc1. The van der Waals surface area contributed by atoms with E-state index in [4.69, 9.17) is 5.73 Å². The number of hydrogen-bond donors (Lipinski definition) is 2. The van der Waals surface area contributed by atoms with Crippen molar-refractivity contribution in [3.05, 3.63) is 29.8 Å². The zero-order valence-corrected chi connectivity index (χ0v) is 8.57. The molecule has 2 amide bonds. The average Bonchev–Trinajstić information content (AvgIpc) is 2.63. The molecule has 1 saturated heterocycles. The number of nitrogens with two attached hydrogens (primary N) is 1.